The third kappa shape index (κ3) is 30.4. The number of hydrogen-bond acceptors (Lipinski definition) is 11. The van der Waals surface area contributed by atoms with Gasteiger partial charge in [0.15, 0.2) is 11.8 Å². The van der Waals surface area contributed by atoms with Gasteiger partial charge in [0.05, 0.1) is 19.8 Å². The molecule has 0 aromatic carbocycles. The Balaban J connectivity index is 0.0000208. The van der Waals surface area contributed by atoms with Crippen LogP contribution in [0.4, 0.5) is 13.4 Å². The summed E-state index contributed by atoms with van der Waals surface area (Å²) < 4.78 is 72.0. The number of ether oxygens (including phenoxy) is 3. The Kier molecular flexibility index (Phi) is 38.5. The first-order valence-corrected chi connectivity index (χ1v) is 30.8. The summed E-state index contributed by atoms with van der Waals surface area (Å²) in [4.78, 5) is 63.0. The number of carbonyl (C=O) groups is 4. The van der Waals surface area contributed by atoms with E-state index in [0.717, 1.165) is 91.6 Å². The molecule has 15 nitrogen and oxygen atoms in total. The van der Waals surface area contributed by atoms with Gasteiger partial charge in [-0.3, -0.25) is 18.9 Å². The van der Waals surface area contributed by atoms with Crippen LogP contribution in [0.2, 0.25) is 0 Å². The minimum atomic E-state index is -4.96. The summed E-state index contributed by atoms with van der Waals surface area (Å²) in [5.74, 6) is -1.46. The molecule has 1 aromatic rings. The van der Waals surface area contributed by atoms with Crippen molar-refractivity contribution in [2.24, 2.45) is 0 Å². The molecule has 0 spiro atoms. The zero-order chi connectivity index (χ0) is 56.0. The van der Waals surface area contributed by atoms with Gasteiger partial charge in [0.25, 0.3) is 7.82 Å². The van der Waals surface area contributed by atoms with Crippen molar-refractivity contribution in [3.05, 3.63) is 65.2 Å². The average molecular weight is 1130 g/mol. The summed E-state index contributed by atoms with van der Waals surface area (Å²) in [5.41, 5.74) is 2.37. The van der Waals surface area contributed by atoms with Gasteiger partial charge in [-0.05, 0) is 95.4 Å². The molecule has 2 aliphatic rings. The van der Waals surface area contributed by atoms with Crippen molar-refractivity contribution in [1.29, 1.82) is 0 Å². The topological polar surface area (TPSA) is 187 Å². The molecule has 0 saturated heterocycles. The molecule has 2 amide bonds. The van der Waals surface area contributed by atoms with E-state index in [0.29, 0.717) is 35.6 Å². The zero-order valence-corrected chi connectivity index (χ0v) is 51.2. The molecule has 20 heteroatoms. The number of phosphoric ester groups is 1. The molecule has 3 rings (SSSR count). The van der Waals surface area contributed by atoms with Crippen LogP contribution < -0.4 is 45.1 Å². The van der Waals surface area contributed by atoms with E-state index >= 15 is 8.63 Å². The van der Waals surface area contributed by atoms with E-state index in [4.69, 9.17) is 23.3 Å². The molecule has 2 N–H and O–H groups in total. The Labute approximate surface area is 488 Å². The minimum Gasteiger partial charge on any atom is -0.756 e. The fourth-order valence-electron chi connectivity index (χ4n) is 9.43. The number of nitrogens with zero attached hydrogens (tertiary/aromatic N) is 2. The first-order valence-electron chi connectivity index (χ1n) is 29.4. The second-order valence-electron chi connectivity index (χ2n) is 20.5. The number of phosphoric acid groups is 1. The van der Waals surface area contributed by atoms with Crippen LogP contribution in [0.3, 0.4) is 0 Å². The smallest absolute Gasteiger partial charge is 0.756 e. The van der Waals surface area contributed by atoms with Gasteiger partial charge in [0, 0.05) is 56.2 Å². The van der Waals surface area contributed by atoms with Crippen LogP contribution in [-0.2, 0) is 42.2 Å². The maximum Gasteiger partial charge on any atom is 1.00 e. The summed E-state index contributed by atoms with van der Waals surface area (Å²) >= 11 is 0. The Bertz CT molecular complexity index is 2120. The van der Waals surface area contributed by atoms with Crippen molar-refractivity contribution in [2.75, 3.05) is 39.5 Å². The third-order valence-electron chi connectivity index (χ3n) is 13.7. The van der Waals surface area contributed by atoms with E-state index in [1.54, 1.807) is 38.1 Å². The number of hydrogen-bond donors (Lipinski definition) is 2. The van der Waals surface area contributed by atoms with Gasteiger partial charge in [-0.1, -0.05) is 141 Å². The Hall–Kier alpha value is -3.38. The van der Waals surface area contributed by atoms with E-state index in [-0.39, 0.29) is 74.9 Å². The SMILES string of the molecule is CCCCCCCC/C=C\CCCCCCCC(=O)OC[C@H](COP(=O)([O-])OCCNC(=O)OCCNC(=O)CCC1=[N+]2C(=Cc3c(C)cc(C)n3[B-]2(F)F)C=C1)OC(=O)CCCCCCC/C=C\CCCCCCCC.[Na+]. The van der Waals surface area contributed by atoms with Crippen LogP contribution in [0.15, 0.2) is 48.2 Å². The Morgan fingerprint density at radius 2 is 1.18 bits per heavy atom. The van der Waals surface area contributed by atoms with Crippen LogP contribution in [-0.4, -0.2) is 91.2 Å². The number of alkyl carbamates (subject to hydrolysis) is 1. The van der Waals surface area contributed by atoms with Crippen molar-refractivity contribution < 1.29 is 94.6 Å². The van der Waals surface area contributed by atoms with E-state index in [1.807, 2.05) is 0 Å². The minimum absolute atomic E-state index is 0. The van der Waals surface area contributed by atoms with Gasteiger partial charge in [0.2, 0.25) is 5.91 Å². The number of esters is 2. The van der Waals surface area contributed by atoms with E-state index in [9.17, 15) is 28.6 Å². The first-order chi connectivity index (χ1) is 37.2. The fraction of sp³-hybridized carbons (Fsp3) is 0.707. The van der Waals surface area contributed by atoms with Gasteiger partial charge in [-0.2, -0.15) is 0 Å². The number of nitrogens with one attached hydrogen (secondary N) is 2. The summed E-state index contributed by atoms with van der Waals surface area (Å²) in [5, 5.41) is 4.93. The number of allylic oxidation sites excluding steroid dienone is 6. The Morgan fingerprint density at radius 1 is 0.667 bits per heavy atom. The van der Waals surface area contributed by atoms with Gasteiger partial charge in [-0.25, -0.2) is 4.79 Å². The van der Waals surface area contributed by atoms with Crippen LogP contribution in [0.25, 0.3) is 6.08 Å². The normalized spacial score (nSPS) is 14.7. The van der Waals surface area contributed by atoms with E-state index in [1.165, 1.54) is 77.0 Å². The molecule has 436 valence electrons. The van der Waals surface area contributed by atoms with Crippen molar-refractivity contribution in [3.8, 4) is 0 Å². The zero-order valence-electron chi connectivity index (χ0n) is 48.3. The summed E-state index contributed by atoms with van der Waals surface area (Å²) in [6.07, 6.45) is 41.4. The quantitative estimate of drug-likeness (QED) is 0.0158. The van der Waals surface area contributed by atoms with E-state index in [2.05, 4.69) is 48.8 Å². The van der Waals surface area contributed by atoms with Crippen LogP contribution in [0.1, 0.15) is 223 Å². The van der Waals surface area contributed by atoms with Crippen molar-refractivity contribution in [1.82, 2.24) is 15.1 Å². The summed E-state index contributed by atoms with van der Waals surface area (Å²) in [7, 11) is -4.96. The number of fused-ring (bicyclic) bond motifs is 2. The van der Waals surface area contributed by atoms with Crippen molar-refractivity contribution >= 4 is 50.5 Å². The van der Waals surface area contributed by atoms with Gasteiger partial charge >= 0.3 is 54.6 Å². The molecule has 0 aliphatic carbocycles. The standard InChI is InChI=1S/C58H96BF2N4O11P.Na/c1-5-7-9-11-13-15-17-19-21-23-25-27-29-31-33-35-56(67)73-47-53(76-57(68)36-34-32-30-28-26-24-22-20-18-16-14-12-10-8-6-2)48-75-77(70,71)74-44-42-63-58(69)72-43-41-62-55(66)40-39-51-37-38-52-46-54-49(3)45-50(4)64(54)59(60,61)65(51)52;/h19-22,37-38,45-46,53H,5-18,23-36,39-44,47-48H2,1-4H3,(H,62,66)(H,63,69)(H,70,71);/q;+1/p-1/b21-19-,22-20-;/t53-;/m1./s1. The molecule has 0 bridgehead atoms. The molecular formula is C58H95BF2N4NaO11P. The predicted octanol–water partition coefficient (Wildman–Crippen LogP) is 10.4. The predicted molar refractivity (Wildman–Crippen MR) is 301 cm³/mol. The molecule has 0 saturated carbocycles. The van der Waals surface area contributed by atoms with Gasteiger partial charge in [-0.15, -0.1) is 0 Å². The number of rotatable bonds is 46. The van der Waals surface area contributed by atoms with Gasteiger partial charge in [0.1, 0.15) is 18.9 Å². The number of halogens is 2. The third-order valence-corrected chi connectivity index (χ3v) is 14.7. The number of carbonyl (C=O) groups excluding carboxylic acids is 4. The van der Waals surface area contributed by atoms with Crippen LogP contribution in [0, 0.1) is 13.8 Å². The van der Waals surface area contributed by atoms with Crippen LogP contribution >= 0.6 is 7.82 Å². The second kappa shape index (κ2) is 42.5. The number of amides is 2. The summed E-state index contributed by atoms with van der Waals surface area (Å²) in [6, 6.07) is 1.72. The summed E-state index contributed by atoms with van der Waals surface area (Å²) in [6.45, 7) is 1.67. The molecule has 2 aliphatic heterocycles. The number of aromatic nitrogens is 1. The molecular weight excluding hydrogens is 1030 g/mol. The molecule has 78 heavy (non-hydrogen) atoms. The molecule has 0 fully saturated rings. The van der Waals surface area contributed by atoms with Crippen molar-refractivity contribution in [2.45, 2.75) is 226 Å². The van der Waals surface area contributed by atoms with Gasteiger partial charge < -0.3 is 56.4 Å². The van der Waals surface area contributed by atoms with Crippen LogP contribution in [0.5, 0.6) is 0 Å². The van der Waals surface area contributed by atoms with E-state index < -0.39 is 64.7 Å². The average Bonchev–Trinajstić information content (AvgIpc) is 4.20. The molecule has 0 radical (unpaired) electrons. The molecule has 2 atom stereocenters. The maximum absolute atomic E-state index is 15.7. The number of unbranched alkanes of at least 4 members (excludes halogenated alkanes) is 22. The number of aryl methyl sites for hydroxylation is 2. The fourth-order valence-corrected chi connectivity index (χ4v) is 10.2. The van der Waals surface area contributed by atoms with Crippen molar-refractivity contribution in [3.63, 3.8) is 0 Å². The second-order valence-corrected chi connectivity index (χ2v) is 21.9. The molecule has 1 aromatic heterocycles. The first kappa shape index (κ1) is 70.7. The molecule has 1 unspecified atom stereocenters. The molecule has 3 heterocycles. The maximum atomic E-state index is 15.7. The largest absolute Gasteiger partial charge is 1.00 e. The monoisotopic (exact) mass is 1130 g/mol. The Morgan fingerprint density at radius 3 is 1.74 bits per heavy atom.